The number of hydrogen-bond acceptors (Lipinski definition) is 4. The average Bonchev–Trinajstić information content (AvgIpc) is 2.84. The van der Waals surface area contributed by atoms with Gasteiger partial charge >= 0.3 is 0 Å². The van der Waals surface area contributed by atoms with Gasteiger partial charge in [-0.05, 0) is 72.9 Å². The summed E-state index contributed by atoms with van der Waals surface area (Å²) in [7, 11) is 0. The smallest absolute Gasteiger partial charge is 0.261 e. The molecular weight excluding hydrogens is 458 g/mol. The van der Waals surface area contributed by atoms with Crippen LogP contribution in [0.5, 0.6) is 5.75 Å². The van der Waals surface area contributed by atoms with Gasteiger partial charge in [0, 0.05) is 17.8 Å². The van der Waals surface area contributed by atoms with E-state index < -0.39 is 0 Å². The van der Waals surface area contributed by atoms with E-state index in [0.29, 0.717) is 48.1 Å². The highest BCUT2D eigenvalue weighted by Crippen LogP contribution is 2.19. The predicted octanol–water partition coefficient (Wildman–Crippen LogP) is 5.81. The molecule has 0 atom stereocenters. The Labute approximate surface area is 212 Å². The van der Waals surface area contributed by atoms with Crippen LogP contribution in [-0.4, -0.2) is 23.5 Å². The van der Waals surface area contributed by atoms with Crippen LogP contribution in [0.3, 0.4) is 0 Å². The molecule has 0 saturated heterocycles. The van der Waals surface area contributed by atoms with Crippen LogP contribution in [0.15, 0.2) is 78.9 Å². The fourth-order valence-corrected chi connectivity index (χ4v) is 3.49. The Kier molecular flexibility index (Phi) is 9.80. The van der Waals surface area contributed by atoms with E-state index in [1.54, 1.807) is 42.5 Å². The first-order valence-corrected chi connectivity index (χ1v) is 12.1. The van der Waals surface area contributed by atoms with E-state index in [1.807, 2.05) is 36.4 Å². The monoisotopic (exact) mass is 489 g/mol. The highest BCUT2D eigenvalue weighted by Gasteiger charge is 2.14. The number of ether oxygens (including phenoxy) is 1. The maximum atomic E-state index is 12.7. The molecule has 3 aromatic rings. The van der Waals surface area contributed by atoms with Gasteiger partial charge in [-0.3, -0.25) is 14.9 Å². The van der Waals surface area contributed by atoms with Crippen molar-refractivity contribution in [1.29, 1.82) is 0 Å². The van der Waals surface area contributed by atoms with Crippen LogP contribution in [0.4, 0.5) is 11.4 Å². The summed E-state index contributed by atoms with van der Waals surface area (Å²) >= 11 is 5.31. The number of thiocarbonyl (C=S) groups is 1. The first-order valence-electron chi connectivity index (χ1n) is 11.7. The Morgan fingerprint density at radius 2 is 1.49 bits per heavy atom. The number of hydrogen-bond donors (Lipinski definition) is 3. The molecule has 0 saturated carbocycles. The molecular formula is C28H31N3O3S. The molecule has 0 radical (unpaired) electrons. The molecule has 0 aliphatic carbocycles. The minimum Gasteiger partial charge on any atom is -0.493 e. The molecule has 0 unspecified atom stereocenters. The van der Waals surface area contributed by atoms with Crippen molar-refractivity contribution < 1.29 is 14.3 Å². The van der Waals surface area contributed by atoms with Crippen molar-refractivity contribution >= 4 is 40.5 Å². The molecule has 182 valence electrons. The average molecular weight is 490 g/mol. The lowest BCUT2D eigenvalue weighted by Crippen LogP contribution is -2.34. The summed E-state index contributed by atoms with van der Waals surface area (Å²) in [6, 6.07) is 24.1. The SMILES string of the molecule is CC(C)CCOc1ccccc1C(=O)NC(=S)Nc1ccc(NC(=O)CCc2ccccc2)cc1. The second-order valence-electron chi connectivity index (χ2n) is 8.55. The molecule has 0 aliphatic heterocycles. The molecule has 6 nitrogen and oxygen atoms in total. The molecule has 35 heavy (non-hydrogen) atoms. The third-order valence-electron chi connectivity index (χ3n) is 5.22. The lowest BCUT2D eigenvalue weighted by molar-refractivity contribution is -0.116. The first-order chi connectivity index (χ1) is 16.9. The maximum Gasteiger partial charge on any atom is 0.261 e. The zero-order valence-electron chi connectivity index (χ0n) is 20.0. The summed E-state index contributed by atoms with van der Waals surface area (Å²) in [5.74, 6) is 0.652. The van der Waals surface area contributed by atoms with Gasteiger partial charge in [-0.25, -0.2) is 0 Å². The van der Waals surface area contributed by atoms with Crippen LogP contribution >= 0.6 is 12.2 Å². The molecule has 3 N–H and O–H groups in total. The summed E-state index contributed by atoms with van der Waals surface area (Å²) in [5.41, 5.74) is 2.94. The number of rotatable bonds is 10. The van der Waals surface area contributed by atoms with Crippen molar-refractivity contribution in [3.63, 3.8) is 0 Å². The van der Waals surface area contributed by atoms with Gasteiger partial charge in [-0.1, -0.05) is 56.3 Å². The predicted molar refractivity (Wildman–Crippen MR) is 145 cm³/mol. The minimum atomic E-state index is -0.343. The highest BCUT2D eigenvalue weighted by molar-refractivity contribution is 7.80. The Hall–Kier alpha value is -3.71. The van der Waals surface area contributed by atoms with E-state index in [1.165, 1.54) is 0 Å². The number of anilines is 2. The number of carbonyl (C=O) groups is 2. The van der Waals surface area contributed by atoms with Gasteiger partial charge in [-0.15, -0.1) is 0 Å². The molecule has 0 heterocycles. The normalized spacial score (nSPS) is 10.5. The van der Waals surface area contributed by atoms with Crippen molar-refractivity contribution in [3.8, 4) is 5.75 Å². The molecule has 7 heteroatoms. The summed E-state index contributed by atoms with van der Waals surface area (Å²) in [6.07, 6.45) is 1.99. The van der Waals surface area contributed by atoms with Crippen molar-refractivity contribution in [2.75, 3.05) is 17.2 Å². The van der Waals surface area contributed by atoms with Crippen LogP contribution in [0, 0.1) is 5.92 Å². The Bertz CT molecular complexity index is 1130. The molecule has 0 aromatic heterocycles. The summed E-state index contributed by atoms with van der Waals surface area (Å²) in [5, 5.41) is 8.75. The number of aryl methyl sites for hydroxylation is 1. The third kappa shape index (κ3) is 8.87. The molecule has 2 amide bonds. The van der Waals surface area contributed by atoms with Crippen LogP contribution in [-0.2, 0) is 11.2 Å². The van der Waals surface area contributed by atoms with Gasteiger partial charge in [0.25, 0.3) is 5.91 Å². The molecule has 3 aromatic carbocycles. The lowest BCUT2D eigenvalue weighted by Gasteiger charge is -2.14. The third-order valence-corrected chi connectivity index (χ3v) is 5.43. The molecule has 0 fully saturated rings. The number of para-hydroxylation sites is 1. The fourth-order valence-electron chi connectivity index (χ4n) is 3.28. The van der Waals surface area contributed by atoms with Crippen LogP contribution in [0.25, 0.3) is 0 Å². The fraction of sp³-hybridized carbons (Fsp3) is 0.250. The molecule has 0 aliphatic rings. The first kappa shape index (κ1) is 25.9. The second kappa shape index (κ2) is 13.2. The number of amides is 2. The van der Waals surface area contributed by atoms with E-state index >= 15 is 0 Å². The van der Waals surface area contributed by atoms with E-state index in [0.717, 1.165) is 12.0 Å². The van der Waals surface area contributed by atoms with Crippen LogP contribution < -0.4 is 20.7 Å². The van der Waals surface area contributed by atoms with Crippen molar-refractivity contribution in [1.82, 2.24) is 5.32 Å². The molecule has 0 bridgehead atoms. The zero-order valence-corrected chi connectivity index (χ0v) is 20.9. The van der Waals surface area contributed by atoms with Gasteiger partial charge in [0.1, 0.15) is 5.75 Å². The summed E-state index contributed by atoms with van der Waals surface area (Å²) in [6.45, 7) is 4.79. The Morgan fingerprint density at radius 1 is 0.857 bits per heavy atom. The van der Waals surface area contributed by atoms with E-state index in [9.17, 15) is 9.59 Å². The topological polar surface area (TPSA) is 79.5 Å². The van der Waals surface area contributed by atoms with Crippen molar-refractivity contribution in [2.24, 2.45) is 5.92 Å². The lowest BCUT2D eigenvalue weighted by atomic mass is 10.1. The number of benzene rings is 3. The van der Waals surface area contributed by atoms with Crippen LogP contribution in [0.1, 0.15) is 42.6 Å². The summed E-state index contributed by atoms with van der Waals surface area (Å²) in [4.78, 5) is 25.0. The molecule has 3 rings (SSSR count). The molecule has 0 spiro atoms. The van der Waals surface area contributed by atoms with Crippen LogP contribution in [0.2, 0.25) is 0 Å². The maximum absolute atomic E-state index is 12.7. The highest BCUT2D eigenvalue weighted by atomic mass is 32.1. The number of nitrogens with one attached hydrogen (secondary N) is 3. The Balaban J connectivity index is 1.48. The largest absolute Gasteiger partial charge is 0.493 e. The standard InChI is InChI=1S/C28H31N3O3S/c1-20(2)18-19-34-25-11-7-6-10-24(25)27(33)31-28(35)30-23-15-13-22(14-16-23)29-26(32)17-12-21-8-4-3-5-9-21/h3-11,13-16,20H,12,17-19H2,1-2H3,(H,29,32)(H2,30,31,33,35). The van der Waals surface area contributed by atoms with Gasteiger partial charge in [-0.2, -0.15) is 0 Å². The van der Waals surface area contributed by atoms with Gasteiger partial charge in [0.05, 0.1) is 12.2 Å². The zero-order chi connectivity index (χ0) is 25.0. The van der Waals surface area contributed by atoms with E-state index in [2.05, 4.69) is 29.8 Å². The van der Waals surface area contributed by atoms with Gasteiger partial charge < -0.3 is 15.4 Å². The Morgan fingerprint density at radius 3 is 2.17 bits per heavy atom. The van der Waals surface area contributed by atoms with Crippen molar-refractivity contribution in [3.05, 3.63) is 90.0 Å². The number of carbonyl (C=O) groups excluding carboxylic acids is 2. The van der Waals surface area contributed by atoms with E-state index in [-0.39, 0.29) is 16.9 Å². The second-order valence-corrected chi connectivity index (χ2v) is 8.95. The van der Waals surface area contributed by atoms with E-state index in [4.69, 9.17) is 17.0 Å². The quantitative estimate of drug-likeness (QED) is 0.313. The minimum absolute atomic E-state index is 0.0494. The van der Waals surface area contributed by atoms with Crippen molar-refractivity contribution in [2.45, 2.75) is 33.1 Å². The van der Waals surface area contributed by atoms with Gasteiger partial charge in [0.15, 0.2) is 5.11 Å². The van der Waals surface area contributed by atoms with Gasteiger partial charge in [0.2, 0.25) is 5.91 Å². The summed E-state index contributed by atoms with van der Waals surface area (Å²) < 4.78 is 5.80.